The fraction of sp³-hybridized carbons (Fsp3) is 0. The minimum absolute atomic E-state index is 0.560. The van der Waals surface area contributed by atoms with Gasteiger partial charge in [-0.2, -0.15) is 15.8 Å². The lowest BCUT2D eigenvalue weighted by atomic mass is 10.00. The number of nitriles is 3. The molecule has 2 heterocycles. The summed E-state index contributed by atoms with van der Waals surface area (Å²) >= 11 is 0. The minimum Gasteiger partial charge on any atom is -0.455 e. The topological polar surface area (TPSA) is 108 Å². The van der Waals surface area contributed by atoms with E-state index in [9.17, 15) is 15.8 Å². The third-order valence-electron chi connectivity index (χ3n) is 11.5. The second-order valence-electron chi connectivity index (χ2n) is 15.0. The van der Waals surface area contributed by atoms with E-state index in [0.717, 1.165) is 99.5 Å². The fourth-order valence-corrected chi connectivity index (χ4v) is 8.58. The van der Waals surface area contributed by atoms with Gasteiger partial charge in [0, 0.05) is 66.4 Å². The number of anilines is 6. The zero-order chi connectivity index (χ0) is 41.9. The van der Waals surface area contributed by atoms with E-state index in [1.54, 1.807) is 36.4 Å². The highest BCUT2D eigenvalue weighted by molar-refractivity contribution is 6.30. The van der Waals surface area contributed by atoms with E-state index in [1.165, 1.54) is 0 Å². The zero-order valence-corrected chi connectivity index (χ0v) is 32.7. The van der Waals surface area contributed by atoms with Gasteiger partial charge in [-0.1, -0.05) is 24.3 Å². The Morgan fingerprint density at radius 1 is 0.387 bits per heavy atom. The van der Waals surface area contributed by atoms with Crippen LogP contribution in [0.5, 0.6) is 0 Å². The van der Waals surface area contributed by atoms with Crippen LogP contribution in [-0.4, -0.2) is 0 Å². The standard InChI is InChI=1S/C54H28N6O2/c1-58-38-10-18-42(19-11-38)60(41-16-6-35(32-57)7-17-41)44-21-25-46-37(29-44)9-23-48-52-50(62-54(46)48)27-26-49-51(52)47-22-8-36-28-43(20-24-45(36)53(47)61-49)59(39-12-2-33(30-55)3-13-39)40-14-4-34(31-56)5-15-40/h2-29H. The molecule has 11 rings (SSSR count). The lowest BCUT2D eigenvalue weighted by Gasteiger charge is -2.26. The lowest BCUT2D eigenvalue weighted by molar-refractivity contribution is 0.666. The van der Waals surface area contributed by atoms with Crippen LogP contribution in [0.25, 0.3) is 70.3 Å². The van der Waals surface area contributed by atoms with Gasteiger partial charge in [0.2, 0.25) is 0 Å². The Balaban J connectivity index is 1.03. The summed E-state index contributed by atoms with van der Waals surface area (Å²) in [4.78, 5) is 7.80. The van der Waals surface area contributed by atoms with Crippen LogP contribution in [0.4, 0.5) is 39.8 Å². The van der Waals surface area contributed by atoms with Crippen molar-refractivity contribution in [1.82, 2.24) is 0 Å². The van der Waals surface area contributed by atoms with Crippen molar-refractivity contribution in [2.75, 3.05) is 9.80 Å². The Kier molecular flexibility index (Phi) is 8.19. The molecule has 0 atom stereocenters. The summed E-state index contributed by atoms with van der Waals surface area (Å²) in [7, 11) is 0. The van der Waals surface area contributed by atoms with Gasteiger partial charge in [-0.05, 0) is 156 Å². The molecule has 0 amide bonds. The Morgan fingerprint density at radius 3 is 1.08 bits per heavy atom. The molecule has 62 heavy (non-hydrogen) atoms. The Morgan fingerprint density at radius 2 is 0.726 bits per heavy atom. The average molecular weight is 793 g/mol. The maximum Gasteiger partial charge on any atom is 0.187 e. The van der Waals surface area contributed by atoms with Crippen molar-refractivity contribution in [3.63, 3.8) is 0 Å². The average Bonchev–Trinajstić information content (AvgIpc) is 3.91. The van der Waals surface area contributed by atoms with Crippen LogP contribution < -0.4 is 9.80 Å². The number of fused-ring (bicyclic) bond motifs is 11. The predicted octanol–water partition coefficient (Wildman–Crippen LogP) is 14.9. The molecule has 0 saturated carbocycles. The summed E-state index contributed by atoms with van der Waals surface area (Å²) in [5, 5.41) is 36.2. The summed E-state index contributed by atoms with van der Waals surface area (Å²) in [6.07, 6.45) is 0. The molecule has 9 aromatic carbocycles. The van der Waals surface area contributed by atoms with E-state index < -0.39 is 0 Å². The van der Waals surface area contributed by atoms with E-state index in [4.69, 9.17) is 15.4 Å². The number of benzene rings is 9. The minimum atomic E-state index is 0.560. The van der Waals surface area contributed by atoms with E-state index in [1.807, 2.05) is 72.8 Å². The highest BCUT2D eigenvalue weighted by Crippen LogP contribution is 2.45. The molecule has 8 heteroatoms. The third-order valence-corrected chi connectivity index (χ3v) is 11.5. The van der Waals surface area contributed by atoms with Crippen molar-refractivity contribution < 1.29 is 8.83 Å². The van der Waals surface area contributed by atoms with Gasteiger partial charge in [-0.3, -0.25) is 0 Å². The first-order valence-electron chi connectivity index (χ1n) is 19.8. The smallest absolute Gasteiger partial charge is 0.187 e. The van der Waals surface area contributed by atoms with Gasteiger partial charge in [-0.25, -0.2) is 4.85 Å². The molecule has 286 valence electrons. The van der Waals surface area contributed by atoms with Crippen molar-refractivity contribution in [2.24, 2.45) is 0 Å². The van der Waals surface area contributed by atoms with Crippen molar-refractivity contribution in [1.29, 1.82) is 15.8 Å². The van der Waals surface area contributed by atoms with Crippen molar-refractivity contribution in [3.8, 4) is 18.2 Å². The molecule has 0 fully saturated rings. The summed E-state index contributed by atoms with van der Waals surface area (Å²) in [5.74, 6) is 0. The molecule has 0 aliphatic rings. The SMILES string of the molecule is [C-]#[N+]c1ccc(N(c2ccc(C#N)cc2)c2ccc3c(ccc4c3oc3ccc5oc6c7ccc(N(c8ccc(C#N)cc8)c8ccc(C#N)cc8)cc7ccc6c5c34)c2)cc1. The van der Waals surface area contributed by atoms with Gasteiger partial charge in [0.25, 0.3) is 0 Å². The molecular weight excluding hydrogens is 765 g/mol. The molecule has 0 N–H and O–H groups in total. The Labute approximate surface area is 354 Å². The molecule has 0 radical (unpaired) electrons. The normalized spacial score (nSPS) is 11.2. The van der Waals surface area contributed by atoms with Crippen molar-refractivity contribution >= 4 is 105 Å². The Hall–Kier alpha value is -9.34. The fourth-order valence-electron chi connectivity index (χ4n) is 8.58. The second-order valence-corrected chi connectivity index (χ2v) is 15.0. The largest absolute Gasteiger partial charge is 0.455 e. The van der Waals surface area contributed by atoms with E-state index in [-0.39, 0.29) is 0 Å². The van der Waals surface area contributed by atoms with Gasteiger partial charge < -0.3 is 18.6 Å². The van der Waals surface area contributed by atoms with E-state index in [2.05, 4.69) is 93.5 Å². The first-order valence-corrected chi connectivity index (χ1v) is 19.8. The highest BCUT2D eigenvalue weighted by atomic mass is 16.3. The van der Waals surface area contributed by atoms with Gasteiger partial charge in [-0.15, -0.1) is 0 Å². The van der Waals surface area contributed by atoms with Crippen LogP contribution in [0.15, 0.2) is 179 Å². The first-order chi connectivity index (χ1) is 30.5. The van der Waals surface area contributed by atoms with Crippen LogP contribution in [0.3, 0.4) is 0 Å². The molecule has 0 aliphatic carbocycles. The van der Waals surface area contributed by atoms with Gasteiger partial charge >= 0.3 is 0 Å². The number of nitrogens with zero attached hydrogens (tertiary/aromatic N) is 6. The van der Waals surface area contributed by atoms with Gasteiger partial charge in [0.1, 0.15) is 22.3 Å². The van der Waals surface area contributed by atoms with Crippen LogP contribution in [0.1, 0.15) is 16.7 Å². The summed E-state index contributed by atoms with van der Waals surface area (Å²) in [5.41, 5.74) is 10.8. The molecule has 0 unspecified atom stereocenters. The quantitative estimate of drug-likeness (QED) is 0.154. The van der Waals surface area contributed by atoms with Gasteiger partial charge in [0.15, 0.2) is 5.69 Å². The molecule has 0 bridgehead atoms. The molecule has 0 spiro atoms. The van der Waals surface area contributed by atoms with Crippen molar-refractivity contribution in [2.45, 2.75) is 0 Å². The van der Waals surface area contributed by atoms with Crippen LogP contribution in [0.2, 0.25) is 0 Å². The number of hydrogen-bond donors (Lipinski definition) is 0. The molecule has 0 saturated heterocycles. The monoisotopic (exact) mass is 792 g/mol. The number of rotatable bonds is 6. The third kappa shape index (κ3) is 5.73. The highest BCUT2D eigenvalue weighted by Gasteiger charge is 2.21. The van der Waals surface area contributed by atoms with Gasteiger partial charge in [0.05, 0.1) is 41.5 Å². The van der Waals surface area contributed by atoms with Crippen LogP contribution in [0, 0.1) is 40.6 Å². The van der Waals surface area contributed by atoms with E-state index in [0.29, 0.717) is 22.4 Å². The summed E-state index contributed by atoms with van der Waals surface area (Å²) in [6, 6.07) is 61.5. The van der Waals surface area contributed by atoms with E-state index >= 15 is 0 Å². The molecule has 8 nitrogen and oxygen atoms in total. The Bertz CT molecular complexity index is 3410. The lowest BCUT2D eigenvalue weighted by Crippen LogP contribution is -2.09. The summed E-state index contributed by atoms with van der Waals surface area (Å²) in [6.45, 7) is 7.44. The predicted molar refractivity (Wildman–Crippen MR) is 246 cm³/mol. The zero-order valence-electron chi connectivity index (χ0n) is 32.7. The van der Waals surface area contributed by atoms with Crippen LogP contribution >= 0.6 is 0 Å². The molecule has 0 aliphatic heterocycles. The number of furan rings is 2. The molecule has 11 aromatic rings. The van der Waals surface area contributed by atoms with Crippen LogP contribution in [-0.2, 0) is 0 Å². The molecule has 2 aromatic heterocycles. The first kappa shape index (κ1) is 35.8. The van der Waals surface area contributed by atoms with Crippen molar-refractivity contribution in [3.05, 3.63) is 198 Å². The maximum absolute atomic E-state index is 9.45. The second kappa shape index (κ2) is 14.2. The summed E-state index contributed by atoms with van der Waals surface area (Å²) < 4.78 is 13.4. The number of hydrogen-bond acceptors (Lipinski definition) is 7. The molecular formula is C54H28N6O2. The maximum atomic E-state index is 9.45.